The molecular weight excluding hydrogens is 258 g/mol. The van der Waals surface area contributed by atoms with Gasteiger partial charge in [-0.25, -0.2) is 0 Å². The van der Waals surface area contributed by atoms with Crippen molar-refractivity contribution in [3.8, 4) is 0 Å². The van der Waals surface area contributed by atoms with Gasteiger partial charge in [-0.2, -0.15) is 0 Å². The predicted molar refractivity (Wildman–Crippen MR) is 91.0 cm³/mol. The second kappa shape index (κ2) is 8.38. The Morgan fingerprint density at radius 2 is 2.00 bits per heavy atom. The number of fused-ring (bicyclic) bond motifs is 1. The van der Waals surface area contributed by atoms with Gasteiger partial charge in [-0.1, -0.05) is 13.8 Å². The average molecular weight is 289 g/mol. The molecule has 0 saturated carbocycles. The lowest BCUT2D eigenvalue weighted by molar-refractivity contribution is 0.295. The summed E-state index contributed by atoms with van der Waals surface area (Å²) >= 11 is 0. The molecule has 0 fully saturated rings. The van der Waals surface area contributed by atoms with Crippen molar-refractivity contribution in [1.82, 2.24) is 9.88 Å². The van der Waals surface area contributed by atoms with E-state index in [4.69, 9.17) is 0 Å². The minimum absolute atomic E-state index is 0.536. The molecule has 1 aliphatic carbocycles. The highest BCUT2D eigenvalue weighted by Gasteiger charge is 2.15. The highest BCUT2D eigenvalue weighted by Crippen LogP contribution is 2.26. The molecule has 1 unspecified atom stereocenters. The summed E-state index contributed by atoms with van der Waals surface area (Å²) in [6, 6.07) is 2.69. The van der Waals surface area contributed by atoms with E-state index < -0.39 is 0 Å². The number of nitrogens with zero attached hydrogens (tertiary/aromatic N) is 2. The molecule has 21 heavy (non-hydrogen) atoms. The van der Waals surface area contributed by atoms with Crippen LogP contribution in [0.4, 0.5) is 5.69 Å². The van der Waals surface area contributed by atoms with Crippen LogP contribution in [0.2, 0.25) is 0 Å². The molecule has 0 aliphatic heterocycles. The van der Waals surface area contributed by atoms with Crippen LogP contribution in [0, 0.1) is 0 Å². The fraction of sp³-hybridized carbons (Fsp3) is 0.722. The fourth-order valence-electron chi connectivity index (χ4n) is 3.26. The third kappa shape index (κ3) is 4.70. The van der Waals surface area contributed by atoms with E-state index in [0.717, 1.165) is 19.5 Å². The predicted octanol–water partition coefficient (Wildman–Crippen LogP) is 3.88. The van der Waals surface area contributed by atoms with Crippen LogP contribution in [0.5, 0.6) is 0 Å². The number of hydrogen-bond donors (Lipinski definition) is 1. The lowest BCUT2D eigenvalue weighted by Gasteiger charge is -2.23. The first-order valence-electron chi connectivity index (χ1n) is 8.70. The lowest BCUT2D eigenvalue weighted by Crippen LogP contribution is -2.26. The van der Waals surface area contributed by atoms with E-state index in [1.54, 1.807) is 0 Å². The lowest BCUT2D eigenvalue weighted by atomic mass is 9.94. The molecule has 1 heterocycles. The highest BCUT2D eigenvalue weighted by molar-refractivity contribution is 5.53. The molecule has 118 valence electrons. The molecule has 0 radical (unpaired) electrons. The van der Waals surface area contributed by atoms with Crippen LogP contribution in [0.15, 0.2) is 12.3 Å². The summed E-state index contributed by atoms with van der Waals surface area (Å²) in [4.78, 5) is 7.05. The van der Waals surface area contributed by atoms with Gasteiger partial charge in [-0.15, -0.1) is 0 Å². The highest BCUT2D eigenvalue weighted by atomic mass is 15.1. The zero-order valence-corrected chi connectivity index (χ0v) is 14.0. The quantitative estimate of drug-likeness (QED) is 0.787. The van der Waals surface area contributed by atoms with Crippen LogP contribution >= 0.6 is 0 Å². The Bertz CT molecular complexity index is 426. The number of anilines is 1. The summed E-state index contributed by atoms with van der Waals surface area (Å²) in [5, 5.41) is 3.72. The van der Waals surface area contributed by atoms with Crippen molar-refractivity contribution in [1.29, 1.82) is 0 Å². The van der Waals surface area contributed by atoms with Crippen molar-refractivity contribution in [3.63, 3.8) is 0 Å². The first-order valence-corrected chi connectivity index (χ1v) is 8.70. The van der Waals surface area contributed by atoms with Gasteiger partial charge in [-0.3, -0.25) is 4.98 Å². The third-order valence-electron chi connectivity index (χ3n) is 4.64. The zero-order chi connectivity index (χ0) is 15.1. The standard InChI is InChI=1S/C18H31N3/c1-4-21(5-2)14-8-9-15(3)20-18-12-13-19-17-11-7-6-10-16(17)18/h12-13,15H,4-11,14H2,1-3H3,(H,19,20). The molecule has 0 spiro atoms. The van der Waals surface area contributed by atoms with Crippen LogP contribution < -0.4 is 5.32 Å². The van der Waals surface area contributed by atoms with E-state index in [1.807, 2.05) is 6.20 Å². The first-order chi connectivity index (χ1) is 10.2. The van der Waals surface area contributed by atoms with Crippen LogP contribution in [0.3, 0.4) is 0 Å². The normalized spacial score (nSPS) is 15.8. The summed E-state index contributed by atoms with van der Waals surface area (Å²) in [6.07, 6.45) is 9.41. The third-order valence-corrected chi connectivity index (χ3v) is 4.64. The van der Waals surface area contributed by atoms with Gasteiger partial charge in [0.1, 0.15) is 0 Å². The molecule has 3 nitrogen and oxygen atoms in total. The SMILES string of the molecule is CCN(CC)CCCC(C)Nc1ccnc2c1CCCC2. The number of aryl methyl sites for hydroxylation is 1. The molecule has 1 N–H and O–H groups in total. The van der Waals surface area contributed by atoms with Crippen molar-refractivity contribution in [3.05, 3.63) is 23.5 Å². The van der Waals surface area contributed by atoms with Crippen molar-refractivity contribution in [2.24, 2.45) is 0 Å². The number of rotatable bonds is 8. The maximum atomic E-state index is 4.55. The van der Waals surface area contributed by atoms with Crippen LogP contribution in [0.1, 0.15) is 57.7 Å². The molecule has 0 saturated heterocycles. The Balaban J connectivity index is 1.84. The molecule has 0 aromatic carbocycles. The van der Waals surface area contributed by atoms with Gasteiger partial charge < -0.3 is 10.2 Å². The molecule has 3 heteroatoms. The van der Waals surface area contributed by atoms with Crippen molar-refractivity contribution < 1.29 is 0 Å². The van der Waals surface area contributed by atoms with E-state index in [2.05, 4.69) is 42.0 Å². The molecule has 1 aromatic heterocycles. The van der Waals surface area contributed by atoms with E-state index in [0.29, 0.717) is 6.04 Å². The number of nitrogens with one attached hydrogen (secondary N) is 1. The summed E-state index contributed by atoms with van der Waals surface area (Å²) < 4.78 is 0. The average Bonchev–Trinajstić information content (AvgIpc) is 2.52. The summed E-state index contributed by atoms with van der Waals surface area (Å²) in [5.74, 6) is 0. The number of hydrogen-bond acceptors (Lipinski definition) is 3. The second-order valence-corrected chi connectivity index (χ2v) is 6.21. The minimum Gasteiger partial charge on any atom is -0.382 e. The fourth-order valence-corrected chi connectivity index (χ4v) is 3.26. The Morgan fingerprint density at radius 3 is 2.76 bits per heavy atom. The second-order valence-electron chi connectivity index (χ2n) is 6.21. The Morgan fingerprint density at radius 1 is 1.24 bits per heavy atom. The number of pyridine rings is 1. The molecule has 1 atom stereocenters. The van der Waals surface area contributed by atoms with Crippen LogP contribution in [-0.4, -0.2) is 35.6 Å². The Kier molecular flexibility index (Phi) is 6.50. The monoisotopic (exact) mass is 289 g/mol. The van der Waals surface area contributed by atoms with E-state index >= 15 is 0 Å². The van der Waals surface area contributed by atoms with Gasteiger partial charge in [0, 0.05) is 23.6 Å². The van der Waals surface area contributed by atoms with Crippen molar-refractivity contribution in [2.45, 2.75) is 65.3 Å². The number of aromatic nitrogens is 1. The molecule has 2 rings (SSSR count). The van der Waals surface area contributed by atoms with Gasteiger partial charge >= 0.3 is 0 Å². The van der Waals surface area contributed by atoms with Gasteiger partial charge in [-0.05, 0) is 76.7 Å². The smallest absolute Gasteiger partial charge is 0.0456 e. The van der Waals surface area contributed by atoms with Crippen LogP contribution in [0.25, 0.3) is 0 Å². The molecule has 1 aliphatic rings. The van der Waals surface area contributed by atoms with Gasteiger partial charge in [0.25, 0.3) is 0 Å². The first kappa shape index (κ1) is 16.3. The topological polar surface area (TPSA) is 28.2 Å². The van der Waals surface area contributed by atoms with Gasteiger partial charge in [0.2, 0.25) is 0 Å². The van der Waals surface area contributed by atoms with Crippen molar-refractivity contribution >= 4 is 5.69 Å². The minimum atomic E-state index is 0.536. The molecule has 0 amide bonds. The summed E-state index contributed by atoms with van der Waals surface area (Å²) in [5.41, 5.74) is 4.12. The molecule has 1 aromatic rings. The zero-order valence-electron chi connectivity index (χ0n) is 14.0. The van der Waals surface area contributed by atoms with E-state index in [9.17, 15) is 0 Å². The summed E-state index contributed by atoms with van der Waals surface area (Å²) in [6.45, 7) is 10.3. The van der Waals surface area contributed by atoms with Gasteiger partial charge in [0.15, 0.2) is 0 Å². The largest absolute Gasteiger partial charge is 0.382 e. The summed E-state index contributed by atoms with van der Waals surface area (Å²) in [7, 11) is 0. The maximum Gasteiger partial charge on any atom is 0.0456 e. The molecule has 0 bridgehead atoms. The van der Waals surface area contributed by atoms with E-state index in [-0.39, 0.29) is 0 Å². The van der Waals surface area contributed by atoms with Crippen molar-refractivity contribution in [2.75, 3.05) is 25.0 Å². The Hall–Kier alpha value is -1.09. The van der Waals surface area contributed by atoms with Crippen LogP contribution in [-0.2, 0) is 12.8 Å². The maximum absolute atomic E-state index is 4.55. The van der Waals surface area contributed by atoms with E-state index in [1.165, 1.54) is 55.6 Å². The molecular formula is C18H31N3. The van der Waals surface area contributed by atoms with Gasteiger partial charge in [0.05, 0.1) is 0 Å². The Labute approximate surface area is 130 Å².